The lowest BCUT2D eigenvalue weighted by Crippen LogP contribution is -2.39. The fraction of sp³-hybridized carbons (Fsp3) is 0.769. The lowest BCUT2D eigenvalue weighted by atomic mass is 10.1. The predicted octanol–water partition coefficient (Wildman–Crippen LogP) is 1.79. The van der Waals surface area contributed by atoms with Crippen LogP contribution in [0.3, 0.4) is 0 Å². The van der Waals surface area contributed by atoms with E-state index in [1.165, 1.54) is 18.6 Å². The summed E-state index contributed by atoms with van der Waals surface area (Å²) >= 11 is 0. The molecule has 1 heterocycles. The molecule has 0 atom stereocenters. The average Bonchev–Trinajstić information content (AvgIpc) is 2.80. The first-order valence-electron chi connectivity index (χ1n) is 6.22. The summed E-state index contributed by atoms with van der Waals surface area (Å²) in [5.41, 5.74) is 8.43. The molecule has 16 heavy (non-hydrogen) atoms. The van der Waals surface area contributed by atoms with Crippen LogP contribution in [0.4, 0.5) is 0 Å². The third-order valence-corrected chi connectivity index (χ3v) is 3.20. The standard InChI is InChI=1S/C13H23N3/c1-10(2)6-11(14)7-12-8-16(3)9-13(15-12)4-5-13/h7,10H,4-6,8-9,14H2,1-3H3/b11-7-. The molecule has 1 aliphatic carbocycles. The molecule has 1 spiro atoms. The van der Waals surface area contributed by atoms with Gasteiger partial charge in [-0.25, -0.2) is 0 Å². The molecule has 0 bridgehead atoms. The Labute approximate surface area is 98.4 Å². The highest BCUT2D eigenvalue weighted by Crippen LogP contribution is 2.42. The van der Waals surface area contributed by atoms with Crippen molar-refractivity contribution in [3.63, 3.8) is 0 Å². The third-order valence-electron chi connectivity index (χ3n) is 3.20. The van der Waals surface area contributed by atoms with Gasteiger partial charge in [-0.3, -0.25) is 9.89 Å². The van der Waals surface area contributed by atoms with E-state index in [-0.39, 0.29) is 5.54 Å². The summed E-state index contributed by atoms with van der Waals surface area (Å²) in [5, 5.41) is 0. The molecule has 1 fully saturated rings. The molecule has 0 unspecified atom stereocenters. The van der Waals surface area contributed by atoms with Crippen molar-refractivity contribution in [3.8, 4) is 0 Å². The average molecular weight is 221 g/mol. The van der Waals surface area contributed by atoms with Crippen molar-refractivity contribution in [2.24, 2.45) is 16.6 Å². The highest BCUT2D eigenvalue weighted by molar-refractivity contribution is 5.98. The third kappa shape index (κ3) is 2.85. The monoisotopic (exact) mass is 221 g/mol. The first kappa shape index (κ1) is 11.6. The van der Waals surface area contributed by atoms with Crippen LogP contribution in [0.1, 0.15) is 33.1 Å². The number of nitrogens with two attached hydrogens (primary N) is 1. The van der Waals surface area contributed by atoms with Gasteiger partial charge in [-0.05, 0) is 38.3 Å². The molecule has 1 aliphatic heterocycles. The second-order valence-electron chi connectivity index (χ2n) is 5.82. The minimum atomic E-state index is 0.261. The SMILES string of the molecule is CC(C)C/C(N)=C/C1=NC2(CC2)CN(C)C1. The van der Waals surface area contributed by atoms with Crippen LogP contribution in [0.2, 0.25) is 0 Å². The van der Waals surface area contributed by atoms with E-state index in [1.807, 2.05) is 0 Å². The van der Waals surface area contributed by atoms with Crippen LogP contribution in [-0.2, 0) is 0 Å². The molecule has 1 saturated carbocycles. The number of hydrogen-bond acceptors (Lipinski definition) is 3. The smallest absolute Gasteiger partial charge is 0.0740 e. The molecule has 3 heteroatoms. The lowest BCUT2D eigenvalue weighted by Gasteiger charge is -2.27. The van der Waals surface area contributed by atoms with Crippen molar-refractivity contribution in [2.75, 3.05) is 20.1 Å². The largest absolute Gasteiger partial charge is 0.402 e. The quantitative estimate of drug-likeness (QED) is 0.789. The summed E-state index contributed by atoms with van der Waals surface area (Å²) in [6, 6.07) is 0. The van der Waals surface area contributed by atoms with E-state index in [0.29, 0.717) is 5.92 Å². The number of aliphatic imine (C=N–C) groups is 1. The zero-order chi connectivity index (χ0) is 11.8. The van der Waals surface area contributed by atoms with Gasteiger partial charge in [-0.15, -0.1) is 0 Å². The van der Waals surface area contributed by atoms with Gasteiger partial charge >= 0.3 is 0 Å². The predicted molar refractivity (Wildman–Crippen MR) is 68.6 cm³/mol. The van der Waals surface area contributed by atoms with Crippen LogP contribution in [0.5, 0.6) is 0 Å². The maximum atomic E-state index is 6.02. The second-order valence-corrected chi connectivity index (χ2v) is 5.82. The number of rotatable bonds is 3. The van der Waals surface area contributed by atoms with Gasteiger partial charge in [0.1, 0.15) is 0 Å². The molecule has 0 radical (unpaired) electrons. The molecule has 0 aromatic heterocycles. The van der Waals surface area contributed by atoms with Crippen molar-refractivity contribution in [2.45, 2.75) is 38.6 Å². The molecule has 3 nitrogen and oxygen atoms in total. The van der Waals surface area contributed by atoms with Gasteiger partial charge in [0.15, 0.2) is 0 Å². The zero-order valence-corrected chi connectivity index (χ0v) is 10.7. The normalized spacial score (nSPS) is 25.0. The molecule has 2 aliphatic rings. The van der Waals surface area contributed by atoms with Gasteiger partial charge in [0.05, 0.1) is 11.3 Å². The van der Waals surface area contributed by atoms with Crippen LogP contribution in [-0.4, -0.2) is 36.3 Å². The molecule has 0 saturated heterocycles. The Kier molecular flexibility index (Phi) is 3.06. The Morgan fingerprint density at radius 3 is 2.81 bits per heavy atom. The van der Waals surface area contributed by atoms with E-state index in [9.17, 15) is 0 Å². The van der Waals surface area contributed by atoms with E-state index in [4.69, 9.17) is 10.7 Å². The van der Waals surface area contributed by atoms with E-state index >= 15 is 0 Å². The molecule has 90 valence electrons. The molecule has 2 rings (SSSR count). The number of nitrogens with zero attached hydrogens (tertiary/aromatic N) is 2. The maximum Gasteiger partial charge on any atom is 0.0740 e. The Morgan fingerprint density at radius 1 is 1.56 bits per heavy atom. The molecule has 0 aromatic rings. The second kappa shape index (κ2) is 4.21. The highest BCUT2D eigenvalue weighted by Gasteiger charge is 2.45. The topological polar surface area (TPSA) is 41.6 Å². The fourth-order valence-electron chi connectivity index (χ4n) is 2.45. The summed E-state index contributed by atoms with van der Waals surface area (Å²) in [7, 11) is 2.17. The van der Waals surface area contributed by atoms with E-state index in [0.717, 1.165) is 25.2 Å². The summed E-state index contributed by atoms with van der Waals surface area (Å²) in [6.07, 6.45) is 5.56. The number of allylic oxidation sites excluding steroid dienone is 1. The first-order chi connectivity index (χ1) is 7.49. The molecule has 0 aromatic carbocycles. The Bertz CT molecular complexity index is 324. The maximum absolute atomic E-state index is 6.02. The van der Waals surface area contributed by atoms with Gasteiger partial charge in [-0.1, -0.05) is 13.8 Å². The molecule has 2 N–H and O–H groups in total. The highest BCUT2D eigenvalue weighted by atomic mass is 15.2. The zero-order valence-electron chi connectivity index (χ0n) is 10.7. The first-order valence-corrected chi connectivity index (χ1v) is 6.22. The summed E-state index contributed by atoms with van der Waals surface area (Å²) in [6.45, 7) is 6.45. The van der Waals surface area contributed by atoms with Gasteiger partial charge in [0.25, 0.3) is 0 Å². The Morgan fingerprint density at radius 2 is 2.25 bits per heavy atom. The Balaban J connectivity index is 2.06. The summed E-state index contributed by atoms with van der Waals surface area (Å²) in [5.74, 6) is 0.619. The van der Waals surface area contributed by atoms with E-state index < -0.39 is 0 Å². The molecular formula is C13H23N3. The van der Waals surface area contributed by atoms with Crippen molar-refractivity contribution in [1.82, 2.24) is 4.90 Å². The van der Waals surface area contributed by atoms with E-state index in [2.05, 4.69) is 31.9 Å². The van der Waals surface area contributed by atoms with Gasteiger partial charge < -0.3 is 5.73 Å². The van der Waals surface area contributed by atoms with Gasteiger partial charge in [0.2, 0.25) is 0 Å². The summed E-state index contributed by atoms with van der Waals surface area (Å²) in [4.78, 5) is 7.20. The van der Waals surface area contributed by atoms with Crippen LogP contribution in [0, 0.1) is 5.92 Å². The summed E-state index contributed by atoms with van der Waals surface area (Å²) < 4.78 is 0. The van der Waals surface area contributed by atoms with Crippen molar-refractivity contribution >= 4 is 5.71 Å². The van der Waals surface area contributed by atoms with Crippen LogP contribution in [0.25, 0.3) is 0 Å². The fourth-order valence-corrected chi connectivity index (χ4v) is 2.45. The molecule has 0 amide bonds. The lowest BCUT2D eigenvalue weighted by molar-refractivity contribution is 0.325. The molecular weight excluding hydrogens is 198 g/mol. The van der Waals surface area contributed by atoms with Crippen LogP contribution < -0.4 is 5.73 Å². The Hall–Kier alpha value is -0.830. The van der Waals surface area contributed by atoms with Crippen LogP contribution >= 0.6 is 0 Å². The van der Waals surface area contributed by atoms with E-state index in [1.54, 1.807) is 0 Å². The number of likely N-dealkylation sites (N-methyl/N-ethyl adjacent to an activating group) is 1. The van der Waals surface area contributed by atoms with Crippen molar-refractivity contribution in [3.05, 3.63) is 11.8 Å². The van der Waals surface area contributed by atoms with Crippen molar-refractivity contribution < 1.29 is 0 Å². The minimum absolute atomic E-state index is 0.261. The number of hydrogen-bond donors (Lipinski definition) is 1. The van der Waals surface area contributed by atoms with Gasteiger partial charge in [-0.2, -0.15) is 0 Å². The van der Waals surface area contributed by atoms with Gasteiger partial charge in [0, 0.05) is 18.8 Å². The van der Waals surface area contributed by atoms with Crippen LogP contribution in [0.15, 0.2) is 16.8 Å². The minimum Gasteiger partial charge on any atom is -0.402 e. The van der Waals surface area contributed by atoms with Crippen molar-refractivity contribution in [1.29, 1.82) is 0 Å².